The predicted molar refractivity (Wildman–Crippen MR) is 67.4 cm³/mol. The molecule has 0 saturated heterocycles. The number of aryl methyl sites for hydroxylation is 1. The molecular weight excluding hydrogens is 294 g/mol. The van der Waals surface area contributed by atoms with E-state index in [1.807, 2.05) is 6.07 Å². The van der Waals surface area contributed by atoms with Crippen molar-refractivity contribution in [1.29, 1.82) is 0 Å². The Kier molecular flexibility index (Phi) is 6.10. The first-order chi connectivity index (χ1) is 9.34. The van der Waals surface area contributed by atoms with E-state index >= 15 is 0 Å². The highest BCUT2D eigenvalue weighted by molar-refractivity contribution is 7.40. The standard InChI is InChI=1S/C12H13F3NO3P/c1-19-20(18)10(16-11(17)12(13,14)15)8-7-9-5-3-2-4-6-9/h2-6,10H,7-8H2,1H3/p+1. The van der Waals surface area contributed by atoms with Crippen molar-refractivity contribution in [2.24, 2.45) is 0 Å². The molecule has 20 heavy (non-hydrogen) atoms. The lowest BCUT2D eigenvalue weighted by Crippen LogP contribution is -2.42. The minimum atomic E-state index is -5.01. The van der Waals surface area contributed by atoms with E-state index in [1.165, 1.54) is 0 Å². The summed E-state index contributed by atoms with van der Waals surface area (Å²) >= 11 is 0. The highest BCUT2D eigenvalue weighted by Crippen LogP contribution is 2.30. The van der Waals surface area contributed by atoms with Crippen molar-refractivity contribution in [3.8, 4) is 0 Å². The van der Waals surface area contributed by atoms with Crippen molar-refractivity contribution in [1.82, 2.24) is 5.32 Å². The van der Waals surface area contributed by atoms with Gasteiger partial charge in [-0.05, 0) is 16.5 Å². The molecule has 4 nitrogen and oxygen atoms in total. The predicted octanol–water partition coefficient (Wildman–Crippen LogP) is 3.01. The molecule has 1 N–H and O–H groups in total. The fourth-order valence-corrected chi connectivity index (χ4v) is 2.36. The summed E-state index contributed by atoms with van der Waals surface area (Å²) in [5, 5.41) is 1.71. The number of amides is 1. The molecule has 0 heterocycles. The summed E-state index contributed by atoms with van der Waals surface area (Å²) < 4.78 is 52.7. The van der Waals surface area contributed by atoms with Crippen molar-refractivity contribution in [2.45, 2.75) is 24.8 Å². The Morgan fingerprint density at radius 2 is 1.95 bits per heavy atom. The van der Waals surface area contributed by atoms with Gasteiger partial charge in [0.15, 0.2) is 0 Å². The average molecular weight is 308 g/mol. The molecule has 1 aromatic carbocycles. The largest absolute Gasteiger partial charge is 0.533 e. The summed E-state index contributed by atoms with van der Waals surface area (Å²) in [5.41, 5.74) is 0.873. The lowest BCUT2D eigenvalue weighted by Gasteiger charge is -2.10. The molecular formula is C12H14F3NO3P+. The van der Waals surface area contributed by atoms with Gasteiger partial charge in [-0.15, -0.1) is 4.52 Å². The normalized spacial score (nSPS) is 13.7. The van der Waals surface area contributed by atoms with Crippen LogP contribution in [-0.2, 0) is 20.3 Å². The van der Waals surface area contributed by atoms with Gasteiger partial charge in [0, 0.05) is 6.42 Å². The van der Waals surface area contributed by atoms with Crippen LogP contribution in [0.4, 0.5) is 13.2 Å². The first kappa shape index (κ1) is 16.6. The van der Waals surface area contributed by atoms with Gasteiger partial charge in [0.25, 0.3) is 5.78 Å². The van der Waals surface area contributed by atoms with Crippen molar-refractivity contribution in [2.75, 3.05) is 7.11 Å². The minimum Gasteiger partial charge on any atom is -0.302 e. The van der Waals surface area contributed by atoms with Crippen LogP contribution in [0.2, 0.25) is 0 Å². The first-order valence-electron chi connectivity index (χ1n) is 5.76. The number of carbonyl (C=O) groups excluding carboxylic acids is 1. The summed E-state index contributed by atoms with van der Waals surface area (Å²) in [7, 11) is -1.28. The quantitative estimate of drug-likeness (QED) is 0.822. The second-order valence-corrected chi connectivity index (χ2v) is 5.54. The van der Waals surface area contributed by atoms with E-state index in [0.29, 0.717) is 6.42 Å². The fourth-order valence-electron chi connectivity index (χ4n) is 1.54. The van der Waals surface area contributed by atoms with Crippen LogP contribution in [0.15, 0.2) is 30.3 Å². The maximum Gasteiger partial charge on any atom is 0.533 e. The van der Waals surface area contributed by atoms with E-state index in [9.17, 15) is 22.5 Å². The topological polar surface area (TPSA) is 55.4 Å². The van der Waals surface area contributed by atoms with E-state index in [1.54, 1.807) is 29.6 Å². The average Bonchev–Trinajstić information content (AvgIpc) is 2.42. The van der Waals surface area contributed by atoms with E-state index in [-0.39, 0.29) is 6.42 Å². The molecule has 0 aliphatic rings. The number of carbonyl (C=O) groups is 1. The molecule has 2 atom stereocenters. The molecule has 110 valence electrons. The Hall–Kier alpha value is -1.46. The number of rotatable bonds is 6. The summed E-state index contributed by atoms with van der Waals surface area (Å²) in [6.07, 6.45) is -4.53. The molecule has 0 aliphatic carbocycles. The zero-order chi connectivity index (χ0) is 15.2. The van der Waals surface area contributed by atoms with Crippen LogP contribution in [0.5, 0.6) is 0 Å². The van der Waals surface area contributed by atoms with Crippen LogP contribution >= 0.6 is 8.03 Å². The maximum absolute atomic E-state index is 12.2. The Morgan fingerprint density at radius 3 is 2.45 bits per heavy atom. The van der Waals surface area contributed by atoms with Gasteiger partial charge in [-0.25, -0.2) is 0 Å². The zero-order valence-electron chi connectivity index (χ0n) is 10.7. The highest BCUT2D eigenvalue weighted by atomic mass is 31.1. The second-order valence-electron chi connectivity index (χ2n) is 3.98. The van der Waals surface area contributed by atoms with Gasteiger partial charge >= 0.3 is 20.1 Å². The van der Waals surface area contributed by atoms with Gasteiger partial charge in [-0.2, -0.15) is 13.2 Å². The molecule has 2 unspecified atom stereocenters. The summed E-state index contributed by atoms with van der Waals surface area (Å²) in [6, 6.07) is 8.97. The maximum atomic E-state index is 12.2. The van der Waals surface area contributed by atoms with E-state index in [2.05, 4.69) is 4.52 Å². The summed E-state index contributed by atoms with van der Waals surface area (Å²) in [6.45, 7) is 0. The number of hydrogen-bond acceptors (Lipinski definition) is 3. The lowest BCUT2D eigenvalue weighted by molar-refractivity contribution is -0.173. The molecule has 1 rings (SSSR count). The van der Waals surface area contributed by atoms with Gasteiger partial charge in [-0.3, -0.25) is 4.79 Å². The number of halogens is 3. The smallest absolute Gasteiger partial charge is 0.302 e. The Labute approximate surface area is 115 Å². The molecule has 0 fully saturated rings. The molecule has 0 bridgehead atoms. The number of nitrogens with one attached hydrogen (secondary N) is 1. The molecule has 1 aromatic rings. The fraction of sp³-hybridized carbons (Fsp3) is 0.417. The second kappa shape index (κ2) is 7.36. The first-order valence-corrected chi connectivity index (χ1v) is 7.01. The van der Waals surface area contributed by atoms with Crippen LogP contribution < -0.4 is 5.32 Å². The SMILES string of the molecule is CO[P+](=O)C(CCc1ccccc1)NC(=O)C(F)(F)F. The van der Waals surface area contributed by atoms with Crippen LogP contribution in [0.25, 0.3) is 0 Å². The van der Waals surface area contributed by atoms with Crippen molar-refractivity contribution >= 4 is 13.9 Å². The third kappa shape index (κ3) is 5.27. The van der Waals surface area contributed by atoms with Gasteiger partial charge in [0.05, 0.1) is 7.11 Å². The van der Waals surface area contributed by atoms with E-state index < -0.39 is 25.9 Å². The molecule has 0 spiro atoms. The van der Waals surface area contributed by atoms with Crippen LogP contribution in [0.1, 0.15) is 12.0 Å². The number of benzene rings is 1. The molecule has 8 heteroatoms. The lowest BCUT2D eigenvalue weighted by atomic mass is 10.1. The number of hydrogen-bond donors (Lipinski definition) is 1. The third-order valence-corrected chi connectivity index (χ3v) is 3.80. The zero-order valence-corrected chi connectivity index (χ0v) is 11.6. The van der Waals surface area contributed by atoms with Gasteiger partial charge in [-0.1, -0.05) is 30.3 Å². The molecule has 0 saturated carbocycles. The van der Waals surface area contributed by atoms with Crippen LogP contribution in [-0.4, -0.2) is 25.0 Å². The Bertz CT molecular complexity index is 465. The van der Waals surface area contributed by atoms with Gasteiger partial charge in [0.1, 0.15) is 0 Å². The van der Waals surface area contributed by atoms with Crippen LogP contribution in [0.3, 0.4) is 0 Å². The Morgan fingerprint density at radius 1 is 1.35 bits per heavy atom. The van der Waals surface area contributed by atoms with Crippen LogP contribution in [0, 0.1) is 0 Å². The van der Waals surface area contributed by atoms with E-state index in [4.69, 9.17) is 0 Å². The van der Waals surface area contributed by atoms with Crippen molar-refractivity contribution in [3.05, 3.63) is 35.9 Å². The van der Waals surface area contributed by atoms with Crippen molar-refractivity contribution < 1.29 is 27.1 Å². The number of alkyl halides is 3. The molecule has 1 amide bonds. The minimum absolute atomic E-state index is 0.0921. The molecule has 0 aliphatic heterocycles. The molecule has 0 aromatic heterocycles. The molecule has 0 radical (unpaired) electrons. The summed E-state index contributed by atoms with van der Waals surface area (Å²) in [5.74, 6) is -3.29. The highest BCUT2D eigenvalue weighted by Gasteiger charge is 2.44. The van der Waals surface area contributed by atoms with Gasteiger partial charge in [0.2, 0.25) is 0 Å². The summed E-state index contributed by atoms with van der Waals surface area (Å²) in [4.78, 5) is 10.9. The monoisotopic (exact) mass is 308 g/mol. The van der Waals surface area contributed by atoms with Gasteiger partial charge < -0.3 is 5.32 Å². The van der Waals surface area contributed by atoms with Crippen molar-refractivity contribution in [3.63, 3.8) is 0 Å². The Balaban J connectivity index is 2.66. The third-order valence-electron chi connectivity index (χ3n) is 2.54. The van der Waals surface area contributed by atoms with E-state index in [0.717, 1.165) is 12.7 Å².